The van der Waals surface area contributed by atoms with Gasteiger partial charge in [-0.2, -0.15) is 0 Å². The van der Waals surface area contributed by atoms with Crippen molar-refractivity contribution < 1.29 is 0 Å². The van der Waals surface area contributed by atoms with E-state index in [0.717, 1.165) is 28.5 Å². The lowest BCUT2D eigenvalue weighted by Gasteiger charge is -2.20. The summed E-state index contributed by atoms with van der Waals surface area (Å²) >= 11 is 12.2. The van der Waals surface area contributed by atoms with E-state index in [4.69, 9.17) is 28.2 Å². The van der Waals surface area contributed by atoms with Crippen LogP contribution in [0, 0.1) is 6.92 Å². The monoisotopic (exact) mass is 323 g/mol. The quantitative estimate of drug-likeness (QED) is 0.835. The Labute approximate surface area is 135 Å². The topological polar surface area (TPSA) is 37.8 Å². The second kappa shape index (κ2) is 5.82. The van der Waals surface area contributed by atoms with Crippen molar-refractivity contribution in [3.8, 4) is 11.3 Å². The predicted molar refractivity (Wildman–Crippen MR) is 90.5 cm³/mol. The summed E-state index contributed by atoms with van der Waals surface area (Å²) in [6.07, 6.45) is 0. The number of benzene rings is 1. The number of hydrogen-bond donors (Lipinski definition) is 1. The molecule has 0 atom stereocenters. The molecule has 0 aliphatic rings. The molecule has 0 aliphatic heterocycles. The van der Waals surface area contributed by atoms with Crippen LogP contribution in [0.4, 0.5) is 5.82 Å². The predicted octanol–water partition coefficient (Wildman–Crippen LogP) is 5.10. The minimum Gasteiger partial charge on any atom is -0.373 e. The molecule has 0 spiro atoms. The highest BCUT2D eigenvalue weighted by atomic mass is 35.5. The van der Waals surface area contributed by atoms with Crippen LogP contribution in [-0.4, -0.2) is 17.0 Å². The van der Waals surface area contributed by atoms with E-state index < -0.39 is 0 Å². The zero-order chi connectivity index (χ0) is 15.8. The van der Waals surface area contributed by atoms with Gasteiger partial charge in [0.1, 0.15) is 11.6 Å². The van der Waals surface area contributed by atoms with Gasteiger partial charge >= 0.3 is 0 Å². The Balaban J connectivity index is 2.72. The van der Waals surface area contributed by atoms with E-state index in [1.807, 2.05) is 26.1 Å². The molecular weight excluding hydrogens is 305 g/mol. The molecule has 1 heterocycles. The molecule has 112 valence electrons. The van der Waals surface area contributed by atoms with Crippen LogP contribution in [0.1, 0.15) is 32.2 Å². The third kappa shape index (κ3) is 3.47. The molecule has 1 N–H and O–H groups in total. The molecule has 1 aromatic carbocycles. The molecule has 1 aromatic heterocycles. The first-order valence-corrected chi connectivity index (χ1v) is 7.51. The summed E-state index contributed by atoms with van der Waals surface area (Å²) in [5.41, 5.74) is 2.58. The zero-order valence-corrected chi connectivity index (χ0v) is 14.4. The summed E-state index contributed by atoms with van der Waals surface area (Å²) in [7, 11) is 1.86. The number of anilines is 1. The normalized spacial score (nSPS) is 11.6. The van der Waals surface area contributed by atoms with E-state index in [1.165, 1.54) is 0 Å². The molecule has 3 nitrogen and oxygen atoms in total. The highest BCUT2D eigenvalue weighted by Gasteiger charge is 2.21. The zero-order valence-electron chi connectivity index (χ0n) is 12.9. The largest absolute Gasteiger partial charge is 0.373 e. The van der Waals surface area contributed by atoms with Crippen LogP contribution in [0.3, 0.4) is 0 Å². The van der Waals surface area contributed by atoms with E-state index in [2.05, 4.69) is 31.1 Å². The fraction of sp³-hybridized carbons (Fsp3) is 0.375. The second-order valence-electron chi connectivity index (χ2n) is 6.03. The van der Waals surface area contributed by atoms with Crippen molar-refractivity contribution in [3.05, 3.63) is 39.6 Å². The number of nitrogens with one attached hydrogen (secondary N) is 1. The lowest BCUT2D eigenvalue weighted by molar-refractivity contribution is 0.546. The van der Waals surface area contributed by atoms with E-state index in [-0.39, 0.29) is 5.41 Å². The molecule has 0 saturated heterocycles. The van der Waals surface area contributed by atoms with Crippen molar-refractivity contribution in [2.24, 2.45) is 0 Å². The molecule has 0 bridgehead atoms. The van der Waals surface area contributed by atoms with Crippen LogP contribution in [-0.2, 0) is 5.41 Å². The number of aromatic nitrogens is 2. The molecule has 0 fully saturated rings. The Morgan fingerprint density at radius 2 is 1.57 bits per heavy atom. The molecule has 2 aromatic rings. The van der Waals surface area contributed by atoms with Gasteiger partial charge in [0, 0.05) is 33.6 Å². The third-order valence-corrected chi connectivity index (χ3v) is 3.63. The maximum Gasteiger partial charge on any atom is 0.136 e. The van der Waals surface area contributed by atoms with Gasteiger partial charge in [-0.25, -0.2) is 9.97 Å². The van der Waals surface area contributed by atoms with Gasteiger partial charge in [-0.15, -0.1) is 0 Å². The summed E-state index contributed by atoms with van der Waals surface area (Å²) in [6, 6.07) is 5.45. The number of hydrogen-bond acceptors (Lipinski definition) is 3. The average molecular weight is 324 g/mol. The van der Waals surface area contributed by atoms with Gasteiger partial charge < -0.3 is 5.32 Å². The molecule has 0 aliphatic carbocycles. The van der Waals surface area contributed by atoms with Crippen LogP contribution in [0.2, 0.25) is 10.0 Å². The molecular formula is C16H19Cl2N3. The van der Waals surface area contributed by atoms with E-state index >= 15 is 0 Å². The maximum absolute atomic E-state index is 6.11. The maximum atomic E-state index is 6.11. The standard InChI is InChI=1S/C16H19Cl2N3/c1-9-13(10-6-11(17)8-12(18)7-10)20-15(16(2,3)4)21-14(9)19-5/h6-8H,1-5H3,(H,19,20,21). The average Bonchev–Trinajstić information content (AvgIpc) is 2.36. The highest BCUT2D eigenvalue weighted by molar-refractivity contribution is 6.35. The number of halogens is 2. The van der Waals surface area contributed by atoms with Crippen molar-refractivity contribution in [2.45, 2.75) is 33.1 Å². The van der Waals surface area contributed by atoms with E-state index in [9.17, 15) is 0 Å². The number of rotatable bonds is 2. The summed E-state index contributed by atoms with van der Waals surface area (Å²) in [5.74, 6) is 1.60. The van der Waals surface area contributed by atoms with Gasteiger partial charge in [0.15, 0.2) is 0 Å². The fourth-order valence-electron chi connectivity index (χ4n) is 2.07. The Morgan fingerprint density at radius 1 is 1.00 bits per heavy atom. The molecule has 0 saturated carbocycles. The lowest BCUT2D eigenvalue weighted by atomic mass is 9.95. The van der Waals surface area contributed by atoms with E-state index in [0.29, 0.717) is 10.0 Å². The summed E-state index contributed by atoms with van der Waals surface area (Å²) in [4.78, 5) is 9.34. The van der Waals surface area contributed by atoms with Gasteiger partial charge in [0.2, 0.25) is 0 Å². The molecule has 0 unspecified atom stereocenters. The second-order valence-corrected chi connectivity index (χ2v) is 6.90. The van der Waals surface area contributed by atoms with Crippen LogP contribution in [0.5, 0.6) is 0 Å². The number of nitrogens with zero attached hydrogens (tertiary/aromatic N) is 2. The molecule has 2 rings (SSSR count). The van der Waals surface area contributed by atoms with Crippen molar-refractivity contribution >= 4 is 29.0 Å². The van der Waals surface area contributed by atoms with Gasteiger partial charge in [0.05, 0.1) is 5.69 Å². The van der Waals surface area contributed by atoms with Gasteiger partial charge in [0.25, 0.3) is 0 Å². The van der Waals surface area contributed by atoms with Crippen LogP contribution >= 0.6 is 23.2 Å². The van der Waals surface area contributed by atoms with Crippen molar-refractivity contribution in [1.29, 1.82) is 0 Å². The van der Waals surface area contributed by atoms with Crippen LogP contribution in [0.15, 0.2) is 18.2 Å². The van der Waals surface area contributed by atoms with E-state index in [1.54, 1.807) is 6.07 Å². The Hall–Kier alpha value is -1.32. The molecule has 21 heavy (non-hydrogen) atoms. The van der Waals surface area contributed by atoms with Gasteiger partial charge in [-0.3, -0.25) is 0 Å². The van der Waals surface area contributed by atoms with Crippen LogP contribution in [0.25, 0.3) is 11.3 Å². The smallest absolute Gasteiger partial charge is 0.136 e. The summed E-state index contributed by atoms with van der Waals surface area (Å²) < 4.78 is 0. The van der Waals surface area contributed by atoms with Crippen molar-refractivity contribution in [2.75, 3.05) is 12.4 Å². The Bertz CT molecular complexity index is 656. The molecule has 5 heteroatoms. The van der Waals surface area contributed by atoms with Gasteiger partial charge in [-0.05, 0) is 25.1 Å². The first kappa shape index (κ1) is 16.1. The van der Waals surface area contributed by atoms with Crippen LogP contribution < -0.4 is 5.32 Å². The van der Waals surface area contributed by atoms with Crippen molar-refractivity contribution in [3.63, 3.8) is 0 Å². The highest BCUT2D eigenvalue weighted by Crippen LogP contribution is 2.32. The third-order valence-electron chi connectivity index (χ3n) is 3.19. The van der Waals surface area contributed by atoms with Gasteiger partial charge in [-0.1, -0.05) is 44.0 Å². The first-order valence-electron chi connectivity index (χ1n) is 6.75. The molecule has 0 amide bonds. The summed E-state index contributed by atoms with van der Waals surface area (Å²) in [6.45, 7) is 8.26. The Kier molecular flexibility index (Phi) is 4.45. The lowest BCUT2D eigenvalue weighted by Crippen LogP contribution is -2.18. The van der Waals surface area contributed by atoms with Crippen molar-refractivity contribution in [1.82, 2.24) is 9.97 Å². The summed E-state index contributed by atoms with van der Waals surface area (Å²) in [5, 5.41) is 4.32. The molecule has 0 radical (unpaired) electrons. The minimum absolute atomic E-state index is 0.142. The fourth-order valence-corrected chi connectivity index (χ4v) is 2.59. The first-order chi connectivity index (χ1) is 9.72. The minimum atomic E-state index is -0.142. The SMILES string of the molecule is CNc1nc(C(C)(C)C)nc(-c2cc(Cl)cc(Cl)c2)c1C. The Morgan fingerprint density at radius 3 is 2.05 bits per heavy atom.